The molecule has 2 aromatic rings. The first kappa shape index (κ1) is 12.1. The van der Waals surface area contributed by atoms with Crippen molar-refractivity contribution in [3.63, 3.8) is 0 Å². The SMILES string of the molecule is CCCNC(C)Cc1ccc2ccccc2n1. The number of pyridine rings is 1. The Kier molecular flexibility index (Phi) is 4.10. The first-order valence-corrected chi connectivity index (χ1v) is 6.37. The Morgan fingerprint density at radius 1 is 1.18 bits per heavy atom. The number of fused-ring (bicyclic) bond motifs is 1. The molecule has 0 radical (unpaired) electrons. The average Bonchev–Trinajstić information content (AvgIpc) is 2.36. The molecule has 1 N–H and O–H groups in total. The van der Waals surface area contributed by atoms with Gasteiger partial charge in [0.25, 0.3) is 0 Å². The second kappa shape index (κ2) is 5.78. The topological polar surface area (TPSA) is 24.9 Å². The van der Waals surface area contributed by atoms with Gasteiger partial charge in [-0.25, -0.2) is 0 Å². The van der Waals surface area contributed by atoms with Crippen LogP contribution in [0.5, 0.6) is 0 Å². The van der Waals surface area contributed by atoms with Gasteiger partial charge < -0.3 is 5.32 Å². The van der Waals surface area contributed by atoms with Gasteiger partial charge in [0.1, 0.15) is 0 Å². The van der Waals surface area contributed by atoms with E-state index < -0.39 is 0 Å². The highest BCUT2D eigenvalue weighted by Gasteiger charge is 2.04. The minimum absolute atomic E-state index is 0.489. The summed E-state index contributed by atoms with van der Waals surface area (Å²) in [5.41, 5.74) is 2.26. The van der Waals surface area contributed by atoms with Crippen LogP contribution in [0.2, 0.25) is 0 Å². The largest absolute Gasteiger partial charge is 0.314 e. The second-order valence-corrected chi connectivity index (χ2v) is 4.55. The predicted octanol–water partition coefficient (Wildman–Crippen LogP) is 3.17. The quantitative estimate of drug-likeness (QED) is 0.850. The maximum Gasteiger partial charge on any atom is 0.0705 e. The summed E-state index contributed by atoms with van der Waals surface area (Å²) in [7, 11) is 0. The van der Waals surface area contributed by atoms with Gasteiger partial charge in [-0.1, -0.05) is 31.2 Å². The average molecular weight is 228 g/mol. The molecule has 0 spiro atoms. The van der Waals surface area contributed by atoms with Crippen LogP contribution < -0.4 is 5.32 Å². The lowest BCUT2D eigenvalue weighted by molar-refractivity contribution is 0.539. The highest BCUT2D eigenvalue weighted by molar-refractivity contribution is 5.78. The van der Waals surface area contributed by atoms with Crippen LogP contribution in [0.3, 0.4) is 0 Å². The third-order valence-corrected chi connectivity index (χ3v) is 2.91. The molecule has 0 bridgehead atoms. The molecular formula is C15H20N2. The summed E-state index contributed by atoms with van der Waals surface area (Å²) in [6.07, 6.45) is 2.17. The smallest absolute Gasteiger partial charge is 0.0705 e. The van der Waals surface area contributed by atoms with Crippen LogP contribution >= 0.6 is 0 Å². The molecule has 2 nitrogen and oxygen atoms in total. The lowest BCUT2D eigenvalue weighted by Gasteiger charge is -2.12. The zero-order chi connectivity index (χ0) is 12.1. The van der Waals surface area contributed by atoms with E-state index in [1.165, 1.54) is 17.5 Å². The fraction of sp³-hybridized carbons (Fsp3) is 0.400. The van der Waals surface area contributed by atoms with Crippen molar-refractivity contribution in [2.45, 2.75) is 32.7 Å². The fourth-order valence-corrected chi connectivity index (χ4v) is 2.00. The fourth-order valence-electron chi connectivity index (χ4n) is 2.00. The maximum absolute atomic E-state index is 4.68. The summed E-state index contributed by atoms with van der Waals surface area (Å²) in [4.78, 5) is 4.68. The number of hydrogen-bond donors (Lipinski definition) is 1. The Bertz CT molecular complexity index is 479. The molecule has 0 aliphatic heterocycles. The Labute approximate surface area is 103 Å². The van der Waals surface area contributed by atoms with Gasteiger partial charge in [-0.3, -0.25) is 4.98 Å². The van der Waals surface area contributed by atoms with E-state index in [1.807, 2.05) is 6.07 Å². The lowest BCUT2D eigenvalue weighted by atomic mass is 10.1. The molecule has 0 aliphatic rings. The molecule has 1 atom stereocenters. The Balaban J connectivity index is 2.08. The van der Waals surface area contributed by atoms with Crippen LogP contribution in [0.15, 0.2) is 36.4 Å². The number of hydrogen-bond acceptors (Lipinski definition) is 2. The predicted molar refractivity (Wildman–Crippen MR) is 73.2 cm³/mol. The summed E-state index contributed by atoms with van der Waals surface area (Å²) < 4.78 is 0. The molecule has 1 unspecified atom stereocenters. The van der Waals surface area contributed by atoms with Gasteiger partial charge in [0.2, 0.25) is 0 Å². The van der Waals surface area contributed by atoms with E-state index in [0.29, 0.717) is 6.04 Å². The van der Waals surface area contributed by atoms with E-state index >= 15 is 0 Å². The van der Waals surface area contributed by atoms with Gasteiger partial charge in [-0.05, 0) is 32.0 Å². The highest BCUT2D eigenvalue weighted by Crippen LogP contribution is 2.12. The molecule has 1 aromatic carbocycles. The second-order valence-electron chi connectivity index (χ2n) is 4.55. The summed E-state index contributed by atoms with van der Waals surface area (Å²) in [6, 6.07) is 13.0. The normalized spacial score (nSPS) is 12.8. The lowest BCUT2D eigenvalue weighted by Crippen LogP contribution is -2.28. The molecule has 1 heterocycles. The standard InChI is InChI=1S/C15H20N2/c1-3-10-16-12(2)11-14-9-8-13-6-4-5-7-15(13)17-14/h4-9,12,16H,3,10-11H2,1-2H3. The van der Waals surface area contributed by atoms with E-state index in [4.69, 9.17) is 0 Å². The van der Waals surface area contributed by atoms with Crippen molar-refractivity contribution in [3.05, 3.63) is 42.1 Å². The van der Waals surface area contributed by atoms with Crippen LogP contribution in [0, 0.1) is 0 Å². The van der Waals surface area contributed by atoms with Crippen LogP contribution in [0.25, 0.3) is 10.9 Å². The molecule has 90 valence electrons. The van der Waals surface area contributed by atoms with Gasteiger partial charge in [-0.15, -0.1) is 0 Å². The molecule has 0 amide bonds. The van der Waals surface area contributed by atoms with Gasteiger partial charge in [-0.2, -0.15) is 0 Å². The molecule has 2 heteroatoms. The first-order chi connectivity index (χ1) is 8.29. The van der Waals surface area contributed by atoms with E-state index in [-0.39, 0.29) is 0 Å². The van der Waals surface area contributed by atoms with Crippen LogP contribution in [-0.4, -0.2) is 17.6 Å². The summed E-state index contributed by atoms with van der Waals surface area (Å²) >= 11 is 0. The Hall–Kier alpha value is -1.41. The van der Waals surface area contributed by atoms with Gasteiger partial charge in [0.05, 0.1) is 5.52 Å². The molecule has 0 fully saturated rings. The van der Waals surface area contributed by atoms with E-state index in [1.54, 1.807) is 0 Å². The molecule has 0 saturated heterocycles. The summed E-state index contributed by atoms with van der Waals surface area (Å²) in [6.45, 7) is 5.48. The van der Waals surface area contributed by atoms with E-state index in [9.17, 15) is 0 Å². The molecule has 1 aromatic heterocycles. The van der Waals surface area contributed by atoms with Gasteiger partial charge in [0.15, 0.2) is 0 Å². The number of nitrogens with one attached hydrogen (secondary N) is 1. The number of benzene rings is 1. The Morgan fingerprint density at radius 3 is 2.82 bits per heavy atom. The third kappa shape index (κ3) is 3.27. The van der Waals surface area contributed by atoms with Crippen molar-refractivity contribution in [1.29, 1.82) is 0 Å². The minimum Gasteiger partial charge on any atom is -0.314 e. The van der Waals surface area contributed by atoms with Gasteiger partial charge in [0, 0.05) is 23.5 Å². The number of rotatable bonds is 5. The van der Waals surface area contributed by atoms with Crippen LogP contribution in [0.1, 0.15) is 26.0 Å². The molecule has 17 heavy (non-hydrogen) atoms. The minimum atomic E-state index is 0.489. The maximum atomic E-state index is 4.68. The number of aromatic nitrogens is 1. The zero-order valence-corrected chi connectivity index (χ0v) is 10.6. The van der Waals surface area contributed by atoms with E-state index in [0.717, 1.165) is 18.5 Å². The molecule has 0 saturated carbocycles. The van der Waals surface area contributed by atoms with E-state index in [2.05, 4.69) is 54.5 Å². The third-order valence-electron chi connectivity index (χ3n) is 2.91. The zero-order valence-electron chi connectivity index (χ0n) is 10.6. The molecular weight excluding hydrogens is 208 g/mol. The number of para-hydroxylation sites is 1. The Morgan fingerprint density at radius 2 is 2.00 bits per heavy atom. The highest BCUT2D eigenvalue weighted by atomic mass is 14.9. The van der Waals surface area contributed by atoms with Crippen LogP contribution in [-0.2, 0) is 6.42 Å². The van der Waals surface area contributed by atoms with Crippen molar-refractivity contribution in [3.8, 4) is 0 Å². The molecule has 2 rings (SSSR count). The van der Waals surface area contributed by atoms with Crippen molar-refractivity contribution in [1.82, 2.24) is 10.3 Å². The van der Waals surface area contributed by atoms with Crippen molar-refractivity contribution in [2.24, 2.45) is 0 Å². The summed E-state index contributed by atoms with van der Waals surface area (Å²) in [5, 5.41) is 4.70. The van der Waals surface area contributed by atoms with Crippen molar-refractivity contribution >= 4 is 10.9 Å². The van der Waals surface area contributed by atoms with Gasteiger partial charge >= 0.3 is 0 Å². The molecule has 0 aliphatic carbocycles. The summed E-state index contributed by atoms with van der Waals surface area (Å²) in [5.74, 6) is 0. The van der Waals surface area contributed by atoms with Crippen molar-refractivity contribution < 1.29 is 0 Å². The monoisotopic (exact) mass is 228 g/mol. The number of nitrogens with zero attached hydrogens (tertiary/aromatic N) is 1. The van der Waals surface area contributed by atoms with Crippen molar-refractivity contribution in [2.75, 3.05) is 6.54 Å². The van der Waals surface area contributed by atoms with Crippen LogP contribution in [0.4, 0.5) is 0 Å². The first-order valence-electron chi connectivity index (χ1n) is 6.37.